The zero-order valence-electron chi connectivity index (χ0n) is 15.4. The molecule has 4 saturated carbocycles. The first-order chi connectivity index (χ1) is 12.0. The van der Waals surface area contributed by atoms with Gasteiger partial charge in [-0.05, 0) is 79.4 Å². The summed E-state index contributed by atoms with van der Waals surface area (Å²) in [5, 5.41) is 4.18. The Morgan fingerprint density at radius 3 is 2.20 bits per heavy atom. The molecule has 1 N–H and O–H groups in total. The van der Waals surface area contributed by atoms with Crippen LogP contribution >= 0.6 is 0 Å². The number of anilines is 1. The van der Waals surface area contributed by atoms with Gasteiger partial charge in [-0.3, -0.25) is 4.79 Å². The van der Waals surface area contributed by atoms with Crippen LogP contribution in [0.5, 0.6) is 0 Å². The molecule has 0 unspecified atom stereocenters. The Kier molecular flexibility index (Phi) is 4.30. The first-order valence-corrected chi connectivity index (χ1v) is 9.61. The van der Waals surface area contributed by atoms with Crippen LogP contribution in [0.15, 0.2) is 29.4 Å². The number of amides is 1. The van der Waals surface area contributed by atoms with Crippen molar-refractivity contribution < 1.29 is 4.79 Å². The lowest BCUT2D eigenvalue weighted by Crippen LogP contribution is -2.47. The molecule has 4 nitrogen and oxygen atoms in total. The molecular weight excluding hydrogens is 310 g/mol. The van der Waals surface area contributed by atoms with Crippen molar-refractivity contribution in [3.8, 4) is 0 Å². The maximum Gasteiger partial charge on any atom is 0.240 e. The number of benzene rings is 1. The summed E-state index contributed by atoms with van der Waals surface area (Å²) in [7, 11) is 4.04. The minimum Gasteiger partial charge on any atom is -0.378 e. The molecule has 0 saturated heterocycles. The minimum atomic E-state index is 0.0862. The van der Waals surface area contributed by atoms with Crippen molar-refractivity contribution in [2.75, 3.05) is 19.0 Å². The van der Waals surface area contributed by atoms with E-state index >= 15 is 0 Å². The Hall–Kier alpha value is -1.84. The zero-order valence-corrected chi connectivity index (χ0v) is 15.4. The van der Waals surface area contributed by atoms with Crippen molar-refractivity contribution in [2.45, 2.75) is 44.9 Å². The Bertz CT molecular complexity index is 627. The molecule has 4 fully saturated rings. The van der Waals surface area contributed by atoms with Crippen molar-refractivity contribution >= 4 is 17.8 Å². The fraction of sp³-hybridized carbons (Fsp3) is 0.619. The van der Waals surface area contributed by atoms with Crippen molar-refractivity contribution in [2.24, 2.45) is 28.3 Å². The van der Waals surface area contributed by atoms with Crippen LogP contribution < -0.4 is 10.3 Å². The number of hydrazone groups is 1. The summed E-state index contributed by atoms with van der Waals surface area (Å²) >= 11 is 0. The summed E-state index contributed by atoms with van der Waals surface area (Å²) in [5.74, 6) is 2.75. The Morgan fingerprint density at radius 1 is 1.12 bits per heavy atom. The van der Waals surface area contributed by atoms with E-state index in [1.807, 2.05) is 26.2 Å². The van der Waals surface area contributed by atoms with E-state index in [9.17, 15) is 4.79 Å². The predicted octanol–water partition coefficient (Wildman–Crippen LogP) is 3.81. The van der Waals surface area contributed by atoms with E-state index < -0.39 is 0 Å². The second-order valence-electron chi connectivity index (χ2n) is 8.87. The number of nitrogens with zero attached hydrogens (tertiary/aromatic N) is 2. The van der Waals surface area contributed by atoms with Crippen LogP contribution in [0.25, 0.3) is 0 Å². The Morgan fingerprint density at radius 2 is 1.68 bits per heavy atom. The fourth-order valence-corrected chi connectivity index (χ4v) is 5.92. The first kappa shape index (κ1) is 16.6. The predicted molar refractivity (Wildman–Crippen MR) is 102 cm³/mol. The largest absolute Gasteiger partial charge is 0.378 e. The summed E-state index contributed by atoms with van der Waals surface area (Å²) < 4.78 is 0. The molecule has 134 valence electrons. The van der Waals surface area contributed by atoms with E-state index in [2.05, 4.69) is 27.6 Å². The lowest BCUT2D eigenvalue weighted by molar-refractivity contribution is -0.129. The second-order valence-corrected chi connectivity index (χ2v) is 8.87. The smallest absolute Gasteiger partial charge is 0.240 e. The average Bonchev–Trinajstić information content (AvgIpc) is 2.53. The SMILES string of the molecule is CN(C)c1ccc(/C=N\NC(=O)CC23CC4CC(CC(C4)C2)C3)cc1. The molecule has 5 rings (SSSR count). The number of hydrogen-bond acceptors (Lipinski definition) is 3. The Balaban J connectivity index is 1.32. The fourth-order valence-electron chi connectivity index (χ4n) is 5.92. The van der Waals surface area contributed by atoms with Gasteiger partial charge >= 0.3 is 0 Å². The van der Waals surface area contributed by atoms with Gasteiger partial charge in [-0.15, -0.1) is 0 Å². The number of nitrogens with one attached hydrogen (secondary N) is 1. The van der Waals surface area contributed by atoms with Gasteiger partial charge in [0, 0.05) is 26.2 Å². The van der Waals surface area contributed by atoms with Crippen LogP contribution in [-0.2, 0) is 4.79 Å². The van der Waals surface area contributed by atoms with E-state index in [1.165, 1.54) is 38.5 Å². The molecule has 0 spiro atoms. The molecule has 0 aliphatic heterocycles. The third-order valence-corrected chi connectivity index (χ3v) is 6.51. The molecule has 25 heavy (non-hydrogen) atoms. The standard InChI is InChI=1S/C21H29N3O/c1-24(2)19-5-3-15(4-6-19)14-22-23-20(25)13-21-10-16-7-17(11-21)9-18(8-16)12-21/h3-6,14,16-18H,7-13H2,1-2H3,(H,23,25)/b22-14-. The van der Waals surface area contributed by atoms with Gasteiger partial charge in [0.1, 0.15) is 0 Å². The van der Waals surface area contributed by atoms with Crippen LogP contribution in [0.3, 0.4) is 0 Å². The number of carbonyl (C=O) groups excluding carboxylic acids is 1. The number of rotatable bonds is 5. The summed E-state index contributed by atoms with van der Waals surface area (Å²) in [6, 6.07) is 8.14. The van der Waals surface area contributed by atoms with Crippen molar-refractivity contribution in [3.63, 3.8) is 0 Å². The van der Waals surface area contributed by atoms with Gasteiger partial charge in [0.05, 0.1) is 6.21 Å². The minimum absolute atomic E-state index is 0.0862. The summed E-state index contributed by atoms with van der Waals surface area (Å²) in [6.07, 6.45) is 10.4. The zero-order chi connectivity index (χ0) is 17.4. The van der Waals surface area contributed by atoms with Crippen molar-refractivity contribution in [3.05, 3.63) is 29.8 Å². The highest BCUT2D eigenvalue weighted by molar-refractivity contribution is 5.83. The van der Waals surface area contributed by atoms with Gasteiger partial charge in [-0.1, -0.05) is 12.1 Å². The summed E-state index contributed by atoms with van der Waals surface area (Å²) in [5.41, 5.74) is 5.20. The molecule has 4 aliphatic carbocycles. The van der Waals surface area contributed by atoms with E-state index in [0.717, 1.165) is 29.0 Å². The molecule has 1 aromatic carbocycles. The van der Waals surface area contributed by atoms with Crippen LogP contribution in [0.1, 0.15) is 50.5 Å². The maximum absolute atomic E-state index is 12.4. The molecule has 0 aromatic heterocycles. The van der Waals surface area contributed by atoms with Gasteiger partial charge in [0.25, 0.3) is 0 Å². The highest BCUT2D eigenvalue weighted by atomic mass is 16.2. The normalized spacial score (nSPS) is 33.0. The maximum atomic E-state index is 12.4. The molecule has 4 bridgehead atoms. The summed E-state index contributed by atoms with van der Waals surface area (Å²) in [6.45, 7) is 0. The van der Waals surface area contributed by atoms with Crippen LogP contribution in [0.2, 0.25) is 0 Å². The van der Waals surface area contributed by atoms with Crippen LogP contribution in [0, 0.1) is 23.2 Å². The highest BCUT2D eigenvalue weighted by Crippen LogP contribution is 2.61. The van der Waals surface area contributed by atoms with E-state index in [4.69, 9.17) is 0 Å². The van der Waals surface area contributed by atoms with Gasteiger partial charge in [0.2, 0.25) is 5.91 Å². The first-order valence-electron chi connectivity index (χ1n) is 9.61. The van der Waals surface area contributed by atoms with E-state index in [0.29, 0.717) is 6.42 Å². The monoisotopic (exact) mass is 339 g/mol. The summed E-state index contributed by atoms with van der Waals surface area (Å²) in [4.78, 5) is 14.5. The lowest BCUT2D eigenvalue weighted by atomic mass is 9.49. The molecule has 4 heteroatoms. The van der Waals surface area contributed by atoms with Crippen molar-refractivity contribution in [1.29, 1.82) is 0 Å². The molecule has 4 aliphatic rings. The van der Waals surface area contributed by atoms with Crippen molar-refractivity contribution in [1.82, 2.24) is 5.43 Å². The Labute approximate surface area is 150 Å². The molecule has 0 radical (unpaired) electrons. The van der Waals surface area contributed by atoms with Gasteiger partial charge in [-0.25, -0.2) is 5.43 Å². The molecule has 0 atom stereocenters. The number of carbonyl (C=O) groups is 1. The van der Waals surface area contributed by atoms with Gasteiger partial charge < -0.3 is 4.90 Å². The highest BCUT2D eigenvalue weighted by Gasteiger charge is 2.51. The van der Waals surface area contributed by atoms with Gasteiger partial charge in [0.15, 0.2) is 0 Å². The second kappa shape index (κ2) is 6.47. The molecule has 0 heterocycles. The van der Waals surface area contributed by atoms with E-state index in [1.54, 1.807) is 6.21 Å². The van der Waals surface area contributed by atoms with E-state index in [-0.39, 0.29) is 11.3 Å². The van der Waals surface area contributed by atoms with Crippen LogP contribution in [-0.4, -0.2) is 26.2 Å². The topological polar surface area (TPSA) is 44.7 Å². The third kappa shape index (κ3) is 3.58. The number of hydrogen-bond donors (Lipinski definition) is 1. The third-order valence-electron chi connectivity index (χ3n) is 6.51. The lowest BCUT2D eigenvalue weighted by Gasteiger charge is -2.56. The average molecular weight is 339 g/mol. The quantitative estimate of drug-likeness (QED) is 0.655. The van der Waals surface area contributed by atoms with Gasteiger partial charge in [-0.2, -0.15) is 5.10 Å². The van der Waals surface area contributed by atoms with Crippen LogP contribution in [0.4, 0.5) is 5.69 Å². The molecule has 1 aromatic rings. The molecular formula is C21H29N3O. The molecule has 1 amide bonds.